The molecular formula is C45H68Li2P2. The molecule has 2 rings (SSSR count). The minimum absolute atomic E-state index is 0. The fraction of sp³-hybridized carbons (Fsp3) is 0.644. The van der Waals surface area contributed by atoms with Gasteiger partial charge in [0.25, 0.3) is 0 Å². The summed E-state index contributed by atoms with van der Waals surface area (Å²) >= 11 is 0. The van der Waals surface area contributed by atoms with E-state index in [4.69, 9.17) is 0 Å². The maximum Gasteiger partial charge on any atom is 1.00 e. The minimum Gasteiger partial charge on any atom is -0.419 e. The van der Waals surface area contributed by atoms with Crippen molar-refractivity contribution < 1.29 is 37.7 Å². The van der Waals surface area contributed by atoms with E-state index in [0.717, 1.165) is 42.8 Å². The Morgan fingerprint density at radius 1 is 0.388 bits per heavy atom. The molecule has 0 spiro atoms. The third kappa shape index (κ3) is 14.9. The van der Waals surface area contributed by atoms with E-state index < -0.39 is 0 Å². The van der Waals surface area contributed by atoms with Crippen molar-refractivity contribution in [3.05, 3.63) is 57.6 Å². The summed E-state index contributed by atoms with van der Waals surface area (Å²) in [5, 5.41) is 2.83. The average Bonchev–Trinajstić information content (AvgIpc) is 2.87. The molecule has 0 nitrogen and oxygen atoms in total. The number of unbranched alkanes of at least 4 members (excludes halogenated alkanes) is 4. The second kappa shape index (κ2) is 18.6. The molecule has 0 N–H and O–H groups in total. The van der Waals surface area contributed by atoms with Crippen LogP contribution in [0.25, 0.3) is 0 Å². The molecule has 0 aromatic heterocycles. The first-order chi connectivity index (χ1) is 21.1. The van der Waals surface area contributed by atoms with Crippen LogP contribution in [-0.4, -0.2) is 0 Å². The second-order valence-corrected chi connectivity index (χ2v) is 21.5. The van der Waals surface area contributed by atoms with Gasteiger partial charge >= 0.3 is 37.7 Å². The molecule has 0 atom stereocenters. The molecule has 0 fully saturated rings. The summed E-state index contributed by atoms with van der Waals surface area (Å²) in [6, 6.07) is 9.81. The Kier molecular flexibility index (Phi) is 18.4. The zero-order valence-electron chi connectivity index (χ0n) is 35.7. The Hall–Kier alpha value is -0.385. The van der Waals surface area contributed by atoms with Crippen molar-refractivity contribution in [1.82, 2.24) is 0 Å². The quantitative estimate of drug-likeness (QED) is 0.131. The Labute approximate surface area is 333 Å². The minimum atomic E-state index is 0. The van der Waals surface area contributed by atoms with Crippen molar-refractivity contribution in [3.63, 3.8) is 0 Å². The number of hydrogen-bond donors (Lipinski definition) is 0. The van der Waals surface area contributed by atoms with Gasteiger partial charge in [-0.1, -0.05) is 178 Å². The Balaban J connectivity index is 0.0000115. The summed E-state index contributed by atoms with van der Waals surface area (Å²) in [4.78, 5) is 0. The zero-order valence-corrected chi connectivity index (χ0v) is 37.5. The predicted octanol–water partition coefficient (Wildman–Crippen LogP) is 7.20. The van der Waals surface area contributed by atoms with Crippen LogP contribution < -0.4 is 48.3 Å². The summed E-state index contributed by atoms with van der Waals surface area (Å²) < 4.78 is 0. The molecular weight excluding hydrogens is 616 g/mol. The molecule has 260 valence electrons. The van der Waals surface area contributed by atoms with Crippen LogP contribution in [0.4, 0.5) is 0 Å². The van der Waals surface area contributed by atoms with Gasteiger partial charge in [-0.05, 0) is 56.5 Å². The molecule has 4 heteroatoms. The molecule has 0 bridgehead atoms. The summed E-state index contributed by atoms with van der Waals surface area (Å²) in [5.41, 5.74) is 16.3. The fourth-order valence-corrected chi connectivity index (χ4v) is 8.26. The Morgan fingerprint density at radius 2 is 0.633 bits per heavy atom. The third-order valence-electron chi connectivity index (χ3n) is 8.78. The van der Waals surface area contributed by atoms with Crippen molar-refractivity contribution in [2.75, 3.05) is 0 Å². The molecule has 0 amide bonds. The summed E-state index contributed by atoms with van der Waals surface area (Å²) in [7, 11) is 2.27. The van der Waals surface area contributed by atoms with Crippen LogP contribution in [0.1, 0.15) is 190 Å². The van der Waals surface area contributed by atoms with Crippen LogP contribution in [0.3, 0.4) is 0 Å². The van der Waals surface area contributed by atoms with Gasteiger partial charge in [-0.25, -0.2) is 0 Å². The molecule has 2 aromatic carbocycles. The summed E-state index contributed by atoms with van der Waals surface area (Å²) in [6.45, 7) is 42.0. The van der Waals surface area contributed by atoms with Crippen LogP contribution in [0.15, 0.2) is 24.3 Å². The van der Waals surface area contributed by atoms with E-state index in [1.165, 1.54) is 50.4 Å². The average molecular weight is 685 g/mol. The first kappa shape index (κ1) is 48.6. The molecule has 0 radical (unpaired) electrons. The zero-order chi connectivity index (χ0) is 36.2. The van der Waals surface area contributed by atoms with Crippen molar-refractivity contribution in [2.45, 2.75) is 189 Å². The van der Waals surface area contributed by atoms with E-state index in [-0.39, 0.29) is 70.2 Å². The van der Waals surface area contributed by atoms with Gasteiger partial charge in [0.15, 0.2) is 0 Å². The van der Waals surface area contributed by atoms with Crippen molar-refractivity contribution in [2.24, 2.45) is 0 Å². The van der Waals surface area contributed by atoms with E-state index >= 15 is 0 Å². The van der Waals surface area contributed by atoms with Crippen molar-refractivity contribution in [1.29, 1.82) is 0 Å². The molecule has 2 aromatic rings. The number of hydrogen-bond acceptors (Lipinski definition) is 0. The number of rotatable bonds is 6. The Bertz CT molecular complexity index is 1310. The summed E-state index contributed by atoms with van der Waals surface area (Å²) in [5.74, 6) is 7.03. The second-order valence-electron chi connectivity index (χ2n) is 19.7. The van der Waals surface area contributed by atoms with E-state index in [0.29, 0.717) is 0 Å². The van der Waals surface area contributed by atoms with Gasteiger partial charge in [0.2, 0.25) is 0 Å². The van der Waals surface area contributed by atoms with Crippen LogP contribution in [0.5, 0.6) is 0 Å². The topological polar surface area (TPSA) is 0 Å². The first-order valence-corrected chi connectivity index (χ1v) is 19.7. The van der Waals surface area contributed by atoms with Crippen molar-refractivity contribution >= 4 is 27.8 Å². The standard InChI is InChI=1S/C45H68P2.2Li/c1-40(2,3)32-28-34(42(7,8)9)38(35(29-32)43(10,11)12)46-26-24-22-20-19-21-23-25-27-47-39-36(44(13,14)15)30-33(41(4,5)6)31-37(39)45(16,17)18;;/h28-31H,19-23H2,1-18H3;;/q-2;2*+1. The van der Waals surface area contributed by atoms with Gasteiger partial charge in [-0.3, -0.25) is 11.3 Å². The maximum absolute atomic E-state index is 3.56. The Morgan fingerprint density at radius 3 is 0.837 bits per heavy atom. The largest absolute Gasteiger partial charge is 1.00 e. The molecule has 0 saturated carbocycles. The molecule has 0 unspecified atom stereocenters. The van der Waals surface area contributed by atoms with Gasteiger partial charge in [0.05, 0.1) is 0 Å². The summed E-state index contributed by atoms with van der Waals surface area (Å²) in [6.07, 6.45) is 5.37. The molecule has 0 aliphatic rings. The predicted molar refractivity (Wildman–Crippen MR) is 217 cm³/mol. The van der Waals surface area contributed by atoms with Gasteiger partial charge < -0.3 is 17.2 Å². The molecule has 0 aliphatic carbocycles. The molecule has 0 saturated heterocycles. The monoisotopic (exact) mass is 685 g/mol. The maximum atomic E-state index is 3.56. The third-order valence-corrected chi connectivity index (χ3v) is 10.7. The molecule has 0 aliphatic heterocycles. The van der Waals surface area contributed by atoms with E-state index in [9.17, 15) is 0 Å². The normalized spacial score (nSPS) is 13.1. The molecule has 0 heterocycles. The van der Waals surface area contributed by atoms with Gasteiger partial charge in [-0.2, -0.15) is 10.6 Å². The van der Waals surface area contributed by atoms with Crippen molar-refractivity contribution in [3.8, 4) is 23.2 Å². The smallest absolute Gasteiger partial charge is 0.419 e. The van der Waals surface area contributed by atoms with E-state index in [1.54, 1.807) is 0 Å². The van der Waals surface area contributed by atoms with Crippen LogP contribution in [0, 0.1) is 23.2 Å². The van der Waals surface area contributed by atoms with Crippen LogP contribution in [0.2, 0.25) is 0 Å². The van der Waals surface area contributed by atoms with E-state index in [2.05, 4.69) is 172 Å². The first-order valence-electron chi connectivity index (χ1n) is 17.9. The van der Waals surface area contributed by atoms with Gasteiger partial charge in [-0.15, -0.1) is 11.8 Å². The van der Waals surface area contributed by atoms with E-state index in [1.807, 2.05) is 0 Å². The fourth-order valence-electron chi connectivity index (χ4n) is 5.57. The van der Waals surface area contributed by atoms with Gasteiger partial charge in [0, 0.05) is 12.8 Å². The van der Waals surface area contributed by atoms with Crippen LogP contribution >= 0.6 is 17.2 Å². The van der Waals surface area contributed by atoms with Gasteiger partial charge in [0.1, 0.15) is 0 Å². The molecule has 49 heavy (non-hydrogen) atoms. The SMILES string of the molecule is CC(C)(C)c1cc(C(C)(C)C)c([P-]C#CCCCCCC#C[P-]c2c(C(C)(C)C)cc(C(C)(C)C)cc2C(C)(C)C)c(C(C)(C)C)c1.[Li+].[Li+]. The number of benzene rings is 2. The van der Waals surface area contributed by atoms with Crippen LogP contribution in [-0.2, 0) is 32.5 Å².